The predicted octanol–water partition coefficient (Wildman–Crippen LogP) is 0.976. The highest BCUT2D eigenvalue weighted by Crippen LogP contribution is 2.28. The fourth-order valence-electron chi connectivity index (χ4n) is 2.76. The Morgan fingerprint density at radius 2 is 1.89 bits per heavy atom. The van der Waals surface area contributed by atoms with Crippen molar-refractivity contribution in [3.05, 3.63) is 33.4 Å². The summed E-state index contributed by atoms with van der Waals surface area (Å²) in [7, 11) is 0. The number of hydrogen-bond acceptors (Lipinski definition) is 5. The van der Waals surface area contributed by atoms with Crippen molar-refractivity contribution in [1.29, 1.82) is 0 Å². The largest absolute Gasteiger partial charge is 0.393 e. The predicted molar refractivity (Wildman–Crippen MR) is 71.1 cm³/mol. The average Bonchev–Trinajstić information content (AvgIpc) is 2.49. The van der Waals surface area contributed by atoms with Crippen LogP contribution in [0.4, 0.5) is 11.4 Å². The van der Waals surface area contributed by atoms with E-state index >= 15 is 0 Å². The average molecular weight is 263 g/mol. The Kier molecular flexibility index (Phi) is 3.12. The van der Waals surface area contributed by atoms with E-state index in [1.165, 1.54) is 0 Å². The molecule has 2 aliphatic heterocycles. The van der Waals surface area contributed by atoms with Gasteiger partial charge in [0.25, 0.3) is 5.69 Å². The van der Waals surface area contributed by atoms with Crippen LogP contribution in [-0.4, -0.2) is 42.2 Å². The molecule has 2 aliphatic rings. The quantitative estimate of drug-likeness (QED) is 0.488. The molecular formula is C13H17N3O3. The molecule has 6 nitrogen and oxygen atoms in total. The smallest absolute Gasteiger partial charge is 0.292 e. The molecular weight excluding hydrogens is 246 g/mol. The minimum absolute atomic E-state index is 0.0270. The first-order valence-electron chi connectivity index (χ1n) is 6.52. The molecule has 1 aromatic rings. The number of benzene rings is 1. The van der Waals surface area contributed by atoms with Crippen LogP contribution in [-0.2, 0) is 17.6 Å². The maximum Gasteiger partial charge on any atom is 0.292 e. The molecule has 2 heterocycles. The lowest BCUT2D eigenvalue weighted by molar-refractivity contribution is -0.384. The SMILES string of the molecule is Nc1cc2c(cc1[N+](=O)[O-])CCN(C1COC1)CC2. The van der Waals surface area contributed by atoms with Crippen LogP contribution < -0.4 is 5.73 Å². The van der Waals surface area contributed by atoms with Crippen LogP contribution in [0.15, 0.2) is 12.1 Å². The molecule has 6 heteroatoms. The molecule has 0 unspecified atom stereocenters. The molecule has 1 fully saturated rings. The Hall–Kier alpha value is -1.66. The zero-order valence-electron chi connectivity index (χ0n) is 10.7. The minimum atomic E-state index is -0.405. The number of nitrogens with two attached hydrogens (primary N) is 1. The molecule has 0 amide bonds. The number of rotatable bonds is 2. The zero-order valence-corrected chi connectivity index (χ0v) is 10.7. The molecule has 3 rings (SSSR count). The lowest BCUT2D eigenvalue weighted by Gasteiger charge is -2.36. The van der Waals surface area contributed by atoms with Gasteiger partial charge in [0, 0.05) is 19.2 Å². The molecule has 0 aromatic heterocycles. The number of ether oxygens (including phenoxy) is 1. The summed E-state index contributed by atoms with van der Waals surface area (Å²) in [4.78, 5) is 12.9. The van der Waals surface area contributed by atoms with Gasteiger partial charge in [0.15, 0.2) is 0 Å². The first-order chi connectivity index (χ1) is 9.15. The monoisotopic (exact) mass is 263 g/mol. The van der Waals surface area contributed by atoms with Gasteiger partial charge in [0.05, 0.1) is 24.2 Å². The fourth-order valence-corrected chi connectivity index (χ4v) is 2.76. The van der Waals surface area contributed by atoms with Crippen LogP contribution in [0.25, 0.3) is 0 Å². The number of nitro benzene ring substituents is 1. The number of fused-ring (bicyclic) bond motifs is 1. The van der Waals surface area contributed by atoms with Crippen LogP contribution in [0, 0.1) is 10.1 Å². The van der Waals surface area contributed by atoms with Crippen LogP contribution in [0.1, 0.15) is 11.1 Å². The first kappa shape index (κ1) is 12.4. The van der Waals surface area contributed by atoms with Crippen molar-refractivity contribution in [2.45, 2.75) is 18.9 Å². The lowest BCUT2D eigenvalue weighted by atomic mass is 10.0. The van der Waals surface area contributed by atoms with Gasteiger partial charge in [-0.25, -0.2) is 0 Å². The van der Waals surface area contributed by atoms with E-state index in [0.717, 1.165) is 50.3 Å². The molecule has 0 spiro atoms. The number of nitrogen functional groups attached to an aromatic ring is 1. The molecule has 19 heavy (non-hydrogen) atoms. The van der Waals surface area contributed by atoms with E-state index in [2.05, 4.69) is 4.90 Å². The molecule has 102 valence electrons. The van der Waals surface area contributed by atoms with Gasteiger partial charge in [-0.05, 0) is 30.0 Å². The van der Waals surface area contributed by atoms with Crippen molar-refractivity contribution in [2.75, 3.05) is 32.0 Å². The van der Waals surface area contributed by atoms with Gasteiger partial charge < -0.3 is 10.5 Å². The van der Waals surface area contributed by atoms with Crippen LogP contribution >= 0.6 is 0 Å². The highest BCUT2D eigenvalue weighted by Gasteiger charge is 2.28. The van der Waals surface area contributed by atoms with Gasteiger partial charge >= 0.3 is 0 Å². The summed E-state index contributed by atoms with van der Waals surface area (Å²) in [6.45, 7) is 3.51. The summed E-state index contributed by atoms with van der Waals surface area (Å²) >= 11 is 0. The van der Waals surface area contributed by atoms with Gasteiger partial charge in [0.2, 0.25) is 0 Å². The summed E-state index contributed by atoms with van der Waals surface area (Å²) in [6, 6.07) is 3.93. The molecule has 0 atom stereocenters. The summed E-state index contributed by atoms with van der Waals surface area (Å²) in [5.41, 5.74) is 8.25. The summed E-state index contributed by atoms with van der Waals surface area (Å²) in [5.74, 6) is 0. The van der Waals surface area contributed by atoms with E-state index in [0.29, 0.717) is 6.04 Å². The molecule has 0 radical (unpaired) electrons. The van der Waals surface area contributed by atoms with Gasteiger partial charge in [-0.3, -0.25) is 15.0 Å². The summed E-state index contributed by atoms with van der Waals surface area (Å²) in [5, 5.41) is 10.9. The van der Waals surface area contributed by atoms with Crippen molar-refractivity contribution in [3.8, 4) is 0 Å². The third kappa shape index (κ3) is 2.29. The van der Waals surface area contributed by atoms with Crippen molar-refractivity contribution in [3.63, 3.8) is 0 Å². The van der Waals surface area contributed by atoms with Crippen molar-refractivity contribution in [2.24, 2.45) is 0 Å². The second-order valence-electron chi connectivity index (χ2n) is 5.16. The molecule has 0 aliphatic carbocycles. The topological polar surface area (TPSA) is 81.6 Å². The summed E-state index contributed by atoms with van der Waals surface area (Å²) in [6.07, 6.45) is 1.74. The van der Waals surface area contributed by atoms with Crippen molar-refractivity contribution in [1.82, 2.24) is 4.90 Å². The Morgan fingerprint density at radius 3 is 2.42 bits per heavy atom. The van der Waals surface area contributed by atoms with E-state index in [1.807, 2.05) is 0 Å². The Morgan fingerprint density at radius 1 is 1.26 bits per heavy atom. The fraction of sp³-hybridized carbons (Fsp3) is 0.538. The minimum Gasteiger partial charge on any atom is -0.393 e. The van der Waals surface area contributed by atoms with E-state index in [9.17, 15) is 10.1 Å². The number of nitro groups is 1. The second-order valence-corrected chi connectivity index (χ2v) is 5.16. The van der Waals surface area contributed by atoms with Crippen molar-refractivity contribution >= 4 is 11.4 Å². The van der Waals surface area contributed by atoms with Crippen LogP contribution in [0.3, 0.4) is 0 Å². The molecule has 2 N–H and O–H groups in total. The Bertz CT molecular complexity index is 514. The number of anilines is 1. The third-order valence-corrected chi connectivity index (χ3v) is 4.02. The molecule has 1 aromatic carbocycles. The number of hydrogen-bond donors (Lipinski definition) is 1. The third-order valence-electron chi connectivity index (χ3n) is 4.02. The van der Waals surface area contributed by atoms with E-state index < -0.39 is 4.92 Å². The number of nitrogens with zero attached hydrogens (tertiary/aromatic N) is 2. The molecule has 0 saturated carbocycles. The van der Waals surface area contributed by atoms with E-state index in [4.69, 9.17) is 10.5 Å². The highest BCUT2D eigenvalue weighted by atomic mass is 16.6. The van der Waals surface area contributed by atoms with E-state index in [-0.39, 0.29) is 11.4 Å². The van der Waals surface area contributed by atoms with Gasteiger partial charge in [-0.2, -0.15) is 0 Å². The lowest BCUT2D eigenvalue weighted by Crippen LogP contribution is -2.49. The molecule has 0 bridgehead atoms. The van der Waals surface area contributed by atoms with Crippen LogP contribution in [0.5, 0.6) is 0 Å². The van der Waals surface area contributed by atoms with Crippen LogP contribution in [0.2, 0.25) is 0 Å². The summed E-state index contributed by atoms with van der Waals surface area (Å²) < 4.78 is 5.22. The maximum absolute atomic E-state index is 10.9. The normalized spacial score (nSPS) is 20.4. The van der Waals surface area contributed by atoms with Gasteiger partial charge in [-0.1, -0.05) is 0 Å². The standard InChI is InChI=1S/C13H17N3O3/c14-12-5-9-1-3-15(11-7-19-8-11)4-2-10(9)6-13(12)16(17)18/h5-6,11H,1-4,7-8,14H2. The van der Waals surface area contributed by atoms with Gasteiger partial charge in [0.1, 0.15) is 5.69 Å². The Labute approximate surface area is 111 Å². The zero-order chi connectivity index (χ0) is 13.4. The highest BCUT2D eigenvalue weighted by molar-refractivity contribution is 5.62. The Balaban J connectivity index is 1.83. The second kappa shape index (κ2) is 4.79. The van der Waals surface area contributed by atoms with Gasteiger partial charge in [-0.15, -0.1) is 0 Å². The first-order valence-corrected chi connectivity index (χ1v) is 6.52. The maximum atomic E-state index is 10.9. The van der Waals surface area contributed by atoms with Crippen molar-refractivity contribution < 1.29 is 9.66 Å². The van der Waals surface area contributed by atoms with E-state index in [1.54, 1.807) is 12.1 Å². The molecule has 1 saturated heterocycles.